The molecule has 0 radical (unpaired) electrons. The second kappa shape index (κ2) is 6.58. The first kappa shape index (κ1) is 16.6. The number of halogens is 1. The van der Waals surface area contributed by atoms with Gasteiger partial charge in [-0.15, -0.1) is 0 Å². The number of thiazole rings is 1. The van der Waals surface area contributed by atoms with E-state index in [2.05, 4.69) is 12.2 Å². The number of carbonyl (C=O) groups excluding carboxylic acids is 2. The van der Waals surface area contributed by atoms with Crippen molar-refractivity contribution in [3.8, 4) is 0 Å². The summed E-state index contributed by atoms with van der Waals surface area (Å²) in [7, 11) is 0. The number of aryl methyl sites for hydroxylation is 2. The lowest BCUT2D eigenvalue weighted by molar-refractivity contribution is -0.684. The van der Waals surface area contributed by atoms with Crippen LogP contribution in [-0.4, -0.2) is 11.7 Å². The quantitative estimate of drug-likeness (QED) is 0.602. The molecule has 0 unspecified atom stereocenters. The molecule has 0 aliphatic carbocycles. The Balaban J connectivity index is 0.00000176. The van der Waals surface area contributed by atoms with Gasteiger partial charge >= 0.3 is 0 Å². The van der Waals surface area contributed by atoms with Crippen LogP contribution in [0.4, 0.5) is 5.69 Å². The van der Waals surface area contributed by atoms with Gasteiger partial charge in [-0.2, -0.15) is 4.57 Å². The summed E-state index contributed by atoms with van der Waals surface area (Å²) in [5.41, 5.74) is 5.71. The third-order valence-electron chi connectivity index (χ3n) is 3.93. The van der Waals surface area contributed by atoms with E-state index in [0.717, 1.165) is 16.9 Å². The molecule has 3 rings (SSSR count). The van der Waals surface area contributed by atoms with E-state index in [1.165, 1.54) is 4.88 Å². The Morgan fingerprint density at radius 2 is 2.09 bits per heavy atom. The van der Waals surface area contributed by atoms with Crippen LogP contribution in [0.2, 0.25) is 0 Å². The molecular formula is C16H17ClN2O2S. The van der Waals surface area contributed by atoms with E-state index in [1.807, 2.05) is 29.1 Å². The minimum atomic E-state index is 0. The fourth-order valence-electron chi connectivity index (χ4n) is 2.47. The summed E-state index contributed by atoms with van der Waals surface area (Å²) >= 11 is 1.65. The molecule has 0 saturated heterocycles. The highest BCUT2D eigenvalue weighted by molar-refractivity contribution is 7.09. The van der Waals surface area contributed by atoms with Crippen LogP contribution in [-0.2, 0) is 17.8 Å². The topological polar surface area (TPSA) is 50.0 Å². The van der Waals surface area contributed by atoms with Crippen molar-refractivity contribution in [2.24, 2.45) is 0 Å². The number of nitrogens with one attached hydrogen (secondary N) is 1. The number of nitrogens with zero attached hydrogens (tertiary/aromatic N) is 1. The maximum atomic E-state index is 12.4. The van der Waals surface area contributed by atoms with Gasteiger partial charge in [0.25, 0.3) is 0 Å². The predicted molar refractivity (Wildman–Crippen MR) is 81.7 cm³/mol. The van der Waals surface area contributed by atoms with Crippen molar-refractivity contribution in [1.29, 1.82) is 0 Å². The molecule has 2 aromatic rings. The van der Waals surface area contributed by atoms with Crippen LogP contribution < -0.4 is 22.3 Å². The van der Waals surface area contributed by atoms with Crippen molar-refractivity contribution in [3.05, 3.63) is 45.4 Å². The molecule has 6 heteroatoms. The van der Waals surface area contributed by atoms with Crippen LogP contribution in [0.1, 0.15) is 32.9 Å². The zero-order valence-electron chi connectivity index (χ0n) is 12.5. The van der Waals surface area contributed by atoms with E-state index in [1.54, 1.807) is 17.4 Å². The molecule has 4 nitrogen and oxygen atoms in total. The molecule has 2 heterocycles. The van der Waals surface area contributed by atoms with Crippen molar-refractivity contribution in [2.45, 2.75) is 33.2 Å². The van der Waals surface area contributed by atoms with E-state index in [-0.39, 0.29) is 24.1 Å². The van der Waals surface area contributed by atoms with Crippen LogP contribution in [0.15, 0.2) is 23.7 Å². The number of benzene rings is 1. The van der Waals surface area contributed by atoms with Gasteiger partial charge in [-0.3, -0.25) is 9.59 Å². The number of Topliss-reactive ketones (excluding diaryl/α,β-unsaturated/α-hetero) is 1. The number of carbonyl (C=O) groups is 2. The smallest absolute Gasteiger partial charge is 0.227 e. The maximum absolute atomic E-state index is 12.4. The molecule has 1 N–H and O–H groups in total. The van der Waals surface area contributed by atoms with E-state index >= 15 is 0 Å². The molecule has 0 saturated carbocycles. The number of aromatic nitrogens is 1. The Kier molecular flexibility index (Phi) is 4.98. The summed E-state index contributed by atoms with van der Waals surface area (Å²) < 4.78 is 1.99. The average Bonchev–Trinajstić information content (AvgIpc) is 2.78. The third kappa shape index (κ3) is 3.20. The number of hydrogen-bond acceptors (Lipinski definition) is 3. The highest BCUT2D eigenvalue weighted by Gasteiger charge is 2.20. The summed E-state index contributed by atoms with van der Waals surface area (Å²) in [4.78, 5) is 25.0. The second-order valence-electron chi connectivity index (χ2n) is 5.34. The van der Waals surface area contributed by atoms with Crippen LogP contribution in [0, 0.1) is 13.8 Å². The Bertz CT molecular complexity index is 740. The predicted octanol–water partition coefficient (Wildman–Crippen LogP) is -0.576. The summed E-state index contributed by atoms with van der Waals surface area (Å²) in [5.74, 6) is 0.141. The molecule has 1 aliphatic rings. The van der Waals surface area contributed by atoms with Crippen molar-refractivity contribution in [3.63, 3.8) is 0 Å². The van der Waals surface area contributed by atoms with E-state index < -0.39 is 0 Å². The fraction of sp³-hybridized carbons (Fsp3) is 0.312. The van der Waals surface area contributed by atoms with Gasteiger partial charge in [-0.05, 0) is 37.1 Å². The minimum Gasteiger partial charge on any atom is -1.00 e. The van der Waals surface area contributed by atoms with Gasteiger partial charge in [0.1, 0.15) is 0 Å². The van der Waals surface area contributed by atoms with Crippen LogP contribution in [0.25, 0.3) is 0 Å². The number of ketones is 1. The minimum absolute atomic E-state index is 0. The first-order chi connectivity index (χ1) is 10.0. The van der Waals surface area contributed by atoms with Crippen LogP contribution in [0.3, 0.4) is 0 Å². The lowest BCUT2D eigenvalue weighted by Crippen LogP contribution is -3.00. The molecule has 0 spiro atoms. The van der Waals surface area contributed by atoms with Gasteiger partial charge < -0.3 is 17.7 Å². The zero-order chi connectivity index (χ0) is 15.0. The summed E-state index contributed by atoms with van der Waals surface area (Å²) in [6.45, 7) is 4.45. The standard InChI is InChI=1S/C16H16N2O2S.ClH/c1-10-11(2)21-9-18(10)8-15(19)13-3-5-14-12(7-13)4-6-16(20)17-14;/h3,5,7,9H,4,6,8H2,1-2H3;1H. The van der Waals surface area contributed by atoms with E-state index in [0.29, 0.717) is 24.9 Å². The molecule has 116 valence electrons. The fourth-order valence-corrected chi connectivity index (χ4v) is 3.27. The van der Waals surface area contributed by atoms with Crippen LogP contribution >= 0.6 is 11.3 Å². The Morgan fingerprint density at radius 3 is 2.77 bits per heavy atom. The summed E-state index contributed by atoms with van der Waals surface area (Å²) in [6.07, 6.45) is 1.19. The molecule has 1 aliphatic heterocycles. The van der Waals surface area contributed by atoms with Gasteiger partial charge in [0.2, 0.25) is 23.7 Å². The van der Waals surface area contributed by atoms with Crippen molar-refractivity contribution < 1.29 is 26.6 Å². The Hall–Kier alpha value is -1.72. The molecule has 1 amide bonds. The summed E-state index contributed by atoms with van der Waals surface area (Å²) in [6, 6.07) is 5.53. The van der Waals surface area contributed by atoms with Gasteiger partial charge in [0.05, 0.1) is 4.88 Å². The van der Waals surface area contributed by atoms with Crippen molar-refractivity contribution in [2.75, 3.05) is 5.32 Å². The molecule has 0 bridgehead atoms. The third-order valence-corrected chi connectivity index (χ3v) is 4.94. The SMILES string of the molecule is Cc1sc[n+](CC(=O)c2ccc3c(c2)CCC(=O)N3)c1C.[Cl-]. The number of fused-ring (bicyclic) bond motifs is 1. The number of anilines is 1. The Morgan fingerprint density at radius 1 is 1.32 bits per heavy atom. The van der Waals surface area contributed by atoms with Crippen LogP contribution in [0.5, 0.6) is 0 Å². The van der Waals surface area contributed by atoms with E-state index in [9.17, 15) is 9.59 Å². The molecule has 1 aromatic heterocycles. The molecule has 22 heavy (non-hydrogen) atoms. The average molecular weight is 337 g/mol. The van der Waals surface area contributed by atoms with Gasteiger partial charge in [-0.1, -0.05) is 11.3 Å². The molecular weight excluding hydrogens is 320 g/mol. The first-order valence-electron chi connectivity index (χ1n) is 6.94. The van der Waals surface area contributed by atoms with Gasteiger partial charge in [0.15, 0.2) is 5.69 Å². The van der Waals surface area contributed by atoms with Crippen molar-refractivity contribution in [1.82, 2.24) is 0 Å². The Labute approximate surface area is 139 Å². The molecule has 0 fully saturated rings. The van der Waals surface area contributed by atoms with Gasteiger partial charge in [0, 0.05) is 24.6 Å². The monoisotopic (exact) mass is 336 g/mol. The van der Waals surface area contributed by atoms with E-state index in [4.69, 9.17) is 0 Å². The highest BCUT2D eigenvalue weighted by atomic mass is 35.5. The van der Waals surface area contributed by atoms with Crippen molar-refractivity contribution >= 4 is 28.7 Å². The summed E-state index contributed by atoms with van der Waals surface area (Å²) in [5, 5.41) is 2.83. The number of hydrogen-bond donors (Lipinski definition) is 1. The zero-order valence-corrected chi connectivity index (χ0v) is 14.1. The normalized spacial score (nSPS) is 13.1. The lowest BCUT2D eigenvalue weighted by Gasteiger charge is -2.16. The largest absolute Gasteiger partial charge is 1.00 e. The maximum Gasteiger partial charge on any atom is 0.227 e. The number of rotatable bonds is 3. The lowest BCUT2D eigenvalue weighted by atomic mass is 9.99. The van der Waals surface area contributed by atoms with Gasteiger partial charge in [-0.25, -0.2) is 0 Å². The molecule has 0 atom stereocenters. The highest BCUT2D eigenvalue weighted by Crippen LogP contribution is 2.23. The molecule has 1 aromatic carbocycles. The number of amides is 1. The first-order valence-corrected chi connectivity index (χ1v) is 7.82. The second-order valence-corrected chi connectivity index (χ2v) is 6.39.